The summed E-state index contributed by atoms with van der Waals surface area (Å²) >= 11 is 6.01. The van der Waals surface area contributed by atoms with Gasteiger partial charge in [-0.1, -0.05) is 17.7 Å². The van der Waals surface area contributed by atoms with Crippen molar-refractivity contribution >= 4 is 11.6 Å². The number of methoxy groups -OCH3 is 1. The Balaban J connectivity index is 2.40. The largest absolute Gasteiger partial charge is 0.494 e. The van der Waals surface area contributed by atoms with Crippen molar-refractivity contribution < 1.29 is 9.13 Å². The Bertz CT molecular complexity index is 551. The van der Waals surface area contributed by atoms with Crippen molar-refractivity contribution in [1.82, 2.24) is 9.78 Å². The molecule has 1 aromatic heterocycles. The van der Waals surface area contributed by atoms with Gasteiger partial charge in [-0.15, -0.1) is 0 Å². The lowest BCUT2D eigenvalue weighted by Gasteiger charge is -2.14. The Morgan fingerprint density at radius 3 is 2.72 bits per heavy atom. The van der Waals surface area contributed by atoms with E-state index in [0.717, 1.165) is 0 Å². The number of hydrogen-bond acceptors (Lipinski definition) is 3. The van der Waals surface area contributed by atoms with Crippen molar-refractivity contribution in [3.63, 3.8) is 0 Å². The predicted octanol–water partition coefficient (Wildman–Crippen LogP) is 2.27. The van der Waals surface area contributed by atoms with Gasteiger partial charge in [0, 0.05) is 7.05 Å². The van der Waals surface area contributed by atoms with Crippen LogP contribution < -0.4 is 10.5 Å². The molecule has 1 atom stereocenters. The fraction of sp³-hybridized carbons (Fsp3) is 0.250. The first-order chi connectivity index (χ1) is 8.54. The number of benzene rings is 1. The molecule has 0 amide bonds. The van der Waals surface area contributed by atoms with Crippen LogP contribution in [0.15, 0.2) is 24.4 Å². The molecule has 0 aliphatic rings. The molecule has 0 aliphatic carbocycles. The Kier molecular flexibility index (Phi) is 3.54. The van der Waals surface area contributed by atoms with Gasteiger partial charge in [0.05, 0.1) is 30.1 Å². The molecular formula is C12H13ClFN3O. The van der Waals surface area contributed by atoms with Gasteiger partial charge >= 0.3 is 0 Å². The predicted molar refractivity (Wildman–Crippen MR) is 67.2 cm³/mol. The average Bonchev–Trinajstić information content (AvgIpc) is 2.68. The highest BCUT2D eigenvalue weighted by molar-refractivity contribution is 6.31. The summed E-state index contributed by atoms with van der Waals surface area (Å²) in [6.07, 6.45) is 1.51. The molecule has 1 unspecified atom stereocenters. The van der Waals surface area contributed by atoms with Crippen LogP contribution in [0.2, 0.25) is 5.02 Å². The van der Waals surface area contributed by atoms with E-state index >= 15 is 0 Å². The van der Waals surface area contributed by atoms with Crippen LogP contribution in [0.3, 0.4) is 0 Å². The van der Waals surface area contributed by atoms with Crippen molar-refractivity contribution in [1.29, 1.82) is 0 Å². The Labute approximate surface area is 109 Å². The normalized spacial score (nSPS) is 12.5. The molecule has 6 heteroatoms. The molecule has 2 rings (SSSR count). The molecule has 0 aliphatic heterocycles. The van der Waals surface area contributed by atoms with E-state index in [1.165, 1.54) is 25.4 Å². The number of nitrogens with two attached hydrogens (primary N) is 1. The number of halogens is 2. The highest BCUT2D eigenvalue weighted by Crippen LogP contribution is 2.28. The topological polar surface area (TPSA) is 53.1 Å². The maximum absolute atomic E-state index is 13.6. The van der Waals surface area contributed by atoms with Crippen LogP contribution in [0.1, 0.15) is 17.3 Å². The van der Waals surface area contributed by atoms with Gasteiger partial charge in [0.1, 0.15) is 0 Å². The van der Waals surface area contributed by atoms with E-state index in [0.29, 0.717) is 16.3 Å². The van der Waals surface area contributed by atoms with E-state index in [-0.39, 0.29) is 5.75 Å². The second-order valence-corrected chi connectivity index (χ2v) is 4.28. The van der Waals surface area contributed by atoms with Crippen molar-refractivity contribution in [3.05, 3.63) is 46.5 Å². The summed E-state index contributed by atoms with van der Waals surface area (Å²) in [6, 6.07) is 4.04. The molecule has 2 aromatic rings. The molecule has 0 saturated heterocycles. The molecule has 0 saturated carbocycles. The lowest BCUT2D eigenvalue weighted by molar-refractivity contribution is 0.386. The summed E-state index contributed by atoms with van der Waals surface area (Å²) in [4.78, 5) is 0. The van der Waals surface area contributed by atoms with E-state index in [1.807, 2.05) is 0 Å². The third-order valence-electron chi connectivity index (χ3n) is 2.77. The zero-order valence-electron chi connectivity index (χ0n) is 10.0. The first-order valence-electron chi connectivity index (χ1n) is 5.31. The molecule has 96 valence electrons. The maximum Gasteiger partial charge on any atom is 0.165 e. The second kappa shape index (κ2) is 4.96. The smallest absolute Gasteiger partial charge is 0.165 e. The summed E-state index contributed by atoms with van der Waals surface area (Å²) in [5.41, 5.74) is 7.32. The van der Waals surface area contributed by atoms with Crippen molar-refractivity contribution in [2.45, 2.75) is 6.04 Å². The lowest BCUT2D eigenvalue weighted by atomic mass is 10.0. The first kappa shape index (κ1) is 12.9. The third kappa shape index (κ3) is 2.19. The van der Waals surface area contributed by atoms with E-state index in [2.05, 4.69) is 5.10 Å². The molecule has 0 radical (unpaired) electrons. The zero-order valence-corrected chi connectivity index (χ0v) is 10.8. The van der Waals surface area contributed by atoms with E-state index in [1.54, 1.807) is 17.8 Å². The third-order valence-corrected chi connectivity index (χ3v) is 3.06. The van der Waals surface area contributed by atoms with Gasteiger partial charge in [-0.3, -0.25) is 4.68 Å². The van der Waals surface area contributed by atoms with Crippen molar-refractivity contribution in [2.75, 3.05) is 7.11 Å². The number of rotatable bonds is 3. The Hall–Kier alpha value is -1.59. The molecule has 18 heavy (non-hydrogen) atoms. The summed E-state index contributed by atoms with van der Waals surface area (Å²) in [5, 5.41) is 4.46. The van der Waals surface area contributed by atoms with Gasteiger partial charge in [-0.25, -0.2) is 4.39 Å². The van der Waals surface area contributed by atoms with Gasteiger partial charge in [-0.2, -0.15) is 5.10 Å². The Morgan fingerprint density at radius 2 is 2.22 bits per heavy atom. The molecule has 0 fully saturated rings. The molecular weight excluding hydrogens is 257 g/mol. The fourth-order valence-corrected chi connectivity index (χ4v) is 2.09. The fourth-order valence-electron chi connectivity index (χ4n) is 1.80. The molecule has 1 aromatic carbocycles. The van der Waals surface area contributed by atoms with Crippen LogP contribution in [0.5, 0.6) is 5.75 Å². The van der Waals surface area contributed by atoms with Gasteiger partial charge < -0.3 is 10.5 Å². The van der Waals surface area contributed by atoms with Crippen LogP contribution in [-0.4, -0.2) is 16.9 Å². The summed E-state index contributed by atoms with van der Waals surface area (Å²) in [5.74, 6) is -0.272. The minimum Gasteiger partial charge on any atom is -0.494 e. The van der Waals surface area contributed by atoms with Crippen molar-refractivity contribution in [2.24, 2.45) is 12.8 Å². The van der Waals surface area contributed by atoms with Crippen molar-refractivity contribution in [3.8, 4) is 5.75 Å². The van der Waals surface area contributed by atoms with E-state index in [4.69, 9.17) is 22.1 Å². The first-order valence-corrected chi connectivity index (χ1v) is 5.68. The number of aryl methyl sites for hydroxylation is 1. The van der Waals surface area contributed by atoms with Gasteiger partial charge in [0.2, 0.25) is 0 Å². The molecule has 1 heterocycles. The highest BCUT2D eigenvalue weighted by atomic mass is 35.5. The number of hydrogen-bond donors (Lipinski definition) is 1. The molecule has 0 spiro atoms. The SMILES string of the molecule is COc1ccc(C(N)c2c(Cl)cnn2C)cc1F. The van der Waals surface area contributed by atoms with Crippen LogP contribution in [0.4, 0.5) is 4.39 Å². The monoisotopic (exact) mass is 269 g/mol. The standard InChI is InChI=1S/C12H13ClFN3O/c1-17-12(8(13)6-16-17)11(15)7-3-4-10(18-2)9(14)5-7/h3-6,11H,15H2,1-2H3. The van der Waals surface area contributed by atoms with Gasteiger partial charge in [0.15, 0.2) is 11.6 Å². The minimum atomic E-state index is -0.537. The zero-order chi connectivity index (χ0) is 13.3. The number of aromatic nitrogens is 2. The summed E-state index contributed by atoms with van der Waals surface area (Å²) in [6.45, 7) is 0. The van der Waals surface area contributed by atoms with Gasteiger partial charge in [-0.05, 0) is 17.7 Å². The number of ether oxygens (including phenoxy) is 1. The molecule has 4 nitrogen and oxygen atoms in total. The van der Waals surface area contributed by atoms with Crippen LogP contribution in [0.25, 0.3) is 0 Å². The van der Waals surface area contributed by atoms with E-state index < -0.39 is 11.9 Å². The maximum atomic E-state index is 13.6. The molecule has 0 bridgehead atoms. The summed E-state index contributed by atoms with van der Waals surface area (Å²) < 4.78 is 20.1. The van der Waals surface area contributed by atoms with Crippen LogP contribution in [-0.2, 0) is 7.05 Å². The Morgan fingerprint density at radius 1 is 1.50 bits per heavy atom. The average molecular weight is 270 g/mol. The lowest BCUT2D eigenvalue weighted by Crippen LogP contribution is -2.16. The van der Waals surface area contributed by atoms with E-state index in [9.17, 15) is 4.39 Å². The van der Waals surface area contributed by atoms with Gasteiger partial charge in [0.25, 0.3) is 0 Å². The van der Waals surface area contributed by atoms with Crippen LogP contribution >= 0.6 is 11.6 Å². The number of nitrogens with zero attached hydrogens (tertiary/aromatic N) is 2. The van der Waals surface area contributed by atoms with Crippen LogP contribution in [0, 0.1) is 5.82 Å². The quantitative estimate of drug-likeness (QED) is 0.930. The second-order valence-electron chi connectivity index (χ2n) is 3.87. The minimum absolute atomic E-state index is 0.182. The summed E-state index contributed by atoms with van der Waals surface area (Å²) in [7, 11) is 3.15. The molecule has 2 N–H and O–H groups in total. The highest BCUT2D eigenvalue weighted by Gasteiger charge is 2.18.